The molecule has 1 unspecified atom stereocenters. The normalized spacial score (nSPS) is 24.5. The summed E-state index contributed by atoms with van der Waals surface area (Å²) in [6.45, 7) is 2.62. The highest BCUT2D eigenvalue weighted by atomic mass is 19.1. The molecule has 9 nitrogen and oxygen atoms in total. The maximum absolute atomic E-state index is 14.8. The number of amides is 2. The minimum absolute atomic E-state index is 0.0305. The summed E-state index contributed by atoms with van der Waals surface area (Å²) in [4.78, 5) is 29.4. The quantitative estimate of drug-likeness (QED) is 0.250. The number of hydrogen-bond acceptors (Lipinski definition) is 7. The van der Waals surface area contributed by atoms with E-state index in [2.05, 4.69) is 16.0 Å². The van der Waals surface area contributed by atoms with Gasteiger partial charge in [0, 0.05) is 43.3 Å². The predicted molar refractivity (Wildman–Crippen MR) is 120 cm³/mol. The van der Waals surface area contributed by atoms with Crippen LogP contribution in [-0.2, 0) is 19.1 Å². The van der Waals surface area contributed by atoms with Crippen LogP contribution in [0.15, 0.2) is 34.0 Å². The van der Waals surface area contributed by atoms with Crippen molar-refractivity contribution >= 4 is 29.4 Å². The average Bonchev–Trinajstić information content (AvgIpc) is 2.73. The third-order valence-electron chi connectivity index (χ3n) is 6.23. The van der Waals surface area contributed by atoms with Gasteiger partial charge in [0.15, 0.2) is 0 Å². The molecule has 2 heterocycles. The number of nitrogens with two attached hydrogens (primary N) is 1. The molecule has 0 spiro atoms. The van der Waals surface area contributed by atoms with Crippen LogP contribution in [-0.4, -0.2) is 56.1 Å². The van der Waals surface area contributed by atoms with Gasteiger partial charge in [-0.25, -0.2) is 13.8 Å². The van der Waals surface area contributed by atoms with Crippen molar-refractivity contribution < 1.29 is 27.8 Å². The van der Waals surface area contributed by atoms with Crippen molar-refractivity contribution in [2.75, 3.05) is 25.2 Å². The molecule has 3 atom stereocenters. The Kier molecular flexibility index (Phi) is 6.49. The van der Waals surface area contributed by atoms with Gasteiger partial charge in [0.05, 0.1) is 30.2 Å². The van der Waals surface area contributed by atoms with Crippen LogP contribution in [0, 0.1) is 17.0 Å². The Bertz CT molecular complexity index is 1140. The Morgan fingerprint density at radius 3 is 2.62 bits per heavy atom. The van der Waals surface area contributed by atoms with Gasteiger partial charge < -0.3 is 20.1 Å². The van der Waals surface area contributed by atoms with Gasteiger partial charge in [0.25, 0.3) is 6.02 Å². The number of benzene rings is 1. The number of methoxy groups -OCH3 is 1. The fourth-order valence-electron chi connectivity index (χ4n) is 4.28. The van der Waals surface area contributed by atoms with Crippen LogP contribution in [0.4, 0.5) is 14.5 Å². The highest BCUT2D eigenvalue weighted by molar-refractivity contribution is 6.01. The summed E-state index contributed by atoms with van der Waals surface area (Å²) < 4.78 is 39.9. The molecular formula is C23H25F2N5O4. The summed E-state index contributed by atoms with van der Waals surface area (Å²) in [5, 5.41) is 10.1. The third-order valence-corrected chi connectivity index (χ3v) is 6.23. The summed E-state index contributed by atoms with van der Waals surface area (Å²) in [6.07, 6.45) is 0.631. The number of amidine groups is 1. The lowest BCUT2D eigenvalue weighted by Gasteiger charge is -2.46. The first-order valence-corrected chi connectivity index (χ1v) is 10.8. The molecule has 0 aromatic heterocycles. The summed E-state index contributed by atoms with van der Waals surface area (Å²) in [5.41, 5.74) is 10.3. The Morgan fingerprint density at radius 2 is 2.03 bits per heavy atom. The molecule has 2 amide bonds. The molecule has 0 radical (unpaired) electrons. The van der Waals surface area contributed by atoms with Crippen molar-refractivity contribution in [2.45, 2.75) is 44.2 Å². The van der Waals surface area contributed by atoms with E-state index >= 15 is 0 Å². The van der Waals surface area contributed by atoms with E-state index in [9.17, 15) is 18.4 Å². The number of hydrogen-bond donors (Lipinski definition) is 3. The standard InChI is InChI=1S/C23H25F2N5O4/c1-11-18(28-23(27)34-21(26)13-5-12(6-13)10-33-2)9-30(11)14-7-16(24)20(17(25)8-14)15-3-4-19(31)29-22(15)32/h7-8,11,15,18,26H,3-5,9-10H2,1-2H3,(H2,27,28)(H,29,31,32)/t11-,15?,18+/m1/s1. The van der Waals surface area contributed by atoms with Gasteiger partial charge in [-0.2, -0.15) is 0 Å². The number of nitrogens with zero attached hydrogens (tertiary/aromatic N) is 2. The number of piperidine rings is 1. The number of imide groups is 1. The maximum atomic E-state index is 14.8. The fraction of sp³-hybridized carbons (Fsp3) is 0.435. The van der Waals surface area contributed by atoms with Gasteiger partial charge >= 0.3 is 0 Å². The second-order valence-electron chi connectivity index (χ2n) is 8.50. The fourth-order valence-corrected chi connectivity index (χ4v) is 4.28. The average molecular weight is 473 g/mol. The monoisotopic (exact) mass is 473 g/mol. The molecule has 11 heteroatoms. The molecule has 34 heavy (non-hydrogen) atoms. The molecule has 4 rings (SSSR count). The lowest BCUT2D eigenvalue weighted by Crippen LogP contribution is -2.58. The van der Waals surface area contributed by atoms with Crippen LogP contribution in [0.25, 0.3) is 0 Å². The summed E-state index contributed by atoms with van der Waals surface area (Å²) in [7, 11) is 1.58. The van der Waals surface area contributed by atoms with Crippen LogP contribution in [0.3, 0.4) is 0 Å². The van der Waals surface area contributed by atoms with Crippen LogP contribution >= 0.6 is 0 Å². The van der Waals surface area contributed by atoms with Gasteiger partial charge in [-0.1, -0.05) is 0 Å². The first-order chi connectivity index (χ1) is 16.2. The second kappa shape index (κ2) is 9.36. The molecule has 1 aliphatic carbocycles. The van der Waals surface area contributed by atoms with E-state index in [1.807, 2.05) is 6.92 Å². The van der Waals surface area contributed by atoms with E-state index < -0.39 is 29.4 Å². The minimum atomic E-state index is -1.05. The van der Waals surface area contributed by atoms with Crippen molar-refractivity contribution in [3.63, 3.8) is 0 Å². The molecule has 180 valence electrons. The summed E-state index contributed by atoms with van der Waals surface area (Å²) >= 11 is 0. The first kappa shape index (κ1) is 23.6. The number of nitrogens with one attached hydrogen (secondary N) is 2. The number of ether oxygens (including phenoxy) is 2. The second-order valence-corrected chi connectivity index (χ2v) is 8.50. The zero-order chi connectivity index (χ0) is 24.6. The molecule has 3 aliphatic rings. The predicted octanol–water partition coefficient (Wildman–Crippen LogP) is 1.87. The van der Waals surface area contributed by atoms with E-state index in [4.69, 9.17) is 20.6 Å². The van der Waals surface area contributed by atoms with Crippen molar-refractivity contribution in [1.29, 1.82) is 5.41 Å². The van der Waals surface area contributed by atoms with E-state index in [1.54, 1.807) is 12.0 Å². The molecular weight excluding hydrogens is 448 g/mol. The number of rotatable bonds is 6. The maximum Gasteiger partial charge on any atom is 0.289 e. The highest BCUT2D eigenvalue weighted by Gasteiger charge is 2.38. The number of carbonyl (C=O) groups is 2. The molecule has 0 saturated carbocycles. The van der Waals surface area contributed by atoms with Crippen LogP contribution in [0.2, 0.25) is 0 Å². The van der Waals surface area contributed by atoms with Gasteiger partial charge in [0.2, 0.25) is 17.7 Å². The Morgan fingerprint density at radius 1 is 1.35 bits per heavy atom. The SMILES string of the molecule is COCC1=C=C(C(=N)OC(N)=N[C@H]2CN(c3cc(F)c(C4CCC(=O)NC4=O)c(F)c3)[C@@H]2C)C1. The third kappa shape index (κ3) is 4.57. The van der Waals surface area contributed by atoms with Crippen molar-refractivity contribution in [1.82, 2.24) is 5.32 Å². The van der Waals surface area contributed by atoms with E-state index in [1.165, 1.54) is 12.1 Å². The topological polar surface area (TPSA) is 130 Å². The number of anilines is 1. The number of carbonyl (C=O) groups excluding carboxylic acids is 2. The van der Waals surface area contributed by atoms with Crippen LogP contribution in [0.1, 0.15) is 37.7 Å². The van der Waals surface area contributed by atoms with Crippen molar-refractivity contribution in [3.05, 3.63) is 46.2 Å². The molecule has 0 bridgehead atoms. The van der Waals surface area contributed by atoms with Gasteiger partial charge in [0.1, 0.15) is 11.6 Å². The van der Waals surface area contributed by atoms with Gasteiger partial charge in [-0.15, -0.1) is 5.73 Å². The Labute approximate surface area is 194 Å². The molecule has 2 saturated heterocycles. The molecule has 2 fully saturated rings. The lowest BCUT2D eigenvalue weighted by atomic mass is 9.89. The van der Waals surface area contributed by atoms with E-state index in [-0.39, 0.29) is 42.4 Å². The Balaban J connectivity index is 1.40. The summed E-state index contributed by atoms with van der Waals surface area (Å²) in [5.74, 6) is -3.99. The smallest absolute Gasteiger partial charge is 0.289 e. The molecule has 4 N–H and O–H groups in total. The van der Waals surface area contributed by atoms with E-state index in [0.717, 1.165) is 5.57 Å². The highest BCUT2D eigenvalue weighted by Crippen LogP contribution is 2.35. The van der Waals surface area contributed by atoms with Crippen molar-refractivity contribution in [2.24, 2.45) is 10.7 Å². The summed E-state index contributed by atoms with van der Waals surface area (Å²) in [6, 6.07) is 1.68. The van der Waals surface area contributed by atoms with Crippen LogP contribution in [0.5, 0.6) is 0 Å². The molecule has 2 aliphatic heterocycles. The van der Waals surface area contributed by atoms with Crippen molar-refractivity contribution in [3.8, 4) is 0 Å². The van der Waals surface area contributed by atoms with Gasteiger partial charge in [-0.05, 0) is 25.5 Å². The molecule has 1 aromatic rings. The zero-order valence-electron chi connectivity index (χ0n) is 18.8. The van der Waals surface area contributed by atoms with Gasteiger partial charge in [-0.3, -0.25) is 20.3 Å². The largest absolute Gasteiger partial charge is 0.407 e. The first-order valence-electron chi connectivity index (χ1n) is 10.8. The number of aliphatic imine (C=N–C) groups is 1. The molecule has 1 aromatic carbocycles. The minimum Gasteiger partial charge on any atom is -0.407 e. The lowest BCUT2D eigenvalue weighted by molar-refractivity contribution is -0.134. The number of halogens is 2. The van der Waals surface area contributed by atoms with Crippen LogP contribution < -0.4 is 16.0 Å². The Hall–Kier alpha value is -3.56. The zero-order valence-corrected chi connectivity index (χ0v) is 18.8. The van der Waals surface area contributed by atoms with E-state index in [0.29, 0.717) is 30.8 Å².